The maximum Gasteiger partial charge on any atom is 0.119 e. The molecule has 0 atom stereocenters. The summed E-state index contributed by atoms with van der Waals surface area (Å²) in [5.74, 6) is 0.956. The molecule has 0 radical (unpaired) electrons. The summed E-state index contributed by atoms with van der Waals surface area (Å²) in [5, 5.41) is 0. The summed E-state index contributed by atoms with van der Waals surface area (Å²) in [6, 6.07) is 9.99. The van der Waals surface area contributed by atoms with E-state index >= 15 is 0 Å². The number of rotatable bonds is 3. The summed E-state index contributed by atoms with van der Waals surface area (Å²) in [5.41, 5.74) is 1.41. The van der Waals surface area contributed by atoms with Gasteiger partial charge in [0.1, 0.15) is 12.4 Å². The van der Waals surface area contributed by atoms with Crippen molar-refractivity contribution in [1.29, 1.82) is 0 Å². The highest BCUT2D eigenvalue weighted by molar-refractivity contribution is 5.22. The molecule has 15 heavy (non-hydrogen) atoms. The Balaban J connectivity index is 1.84. The highest BCUT2D eigenvalue weighted by atomic mass is 16.5. The van der Waals surface area contributed by atoms with Gasteiger partial charge in [-0.2, -0.15) is 0 Å². The van der Waals surface area contributed by atoms with Crippen molar-refractivity contribution in [1.82, 2.24) is 4.90 Å². The Morgan fingerprint density at radius 3 is 2.73 bits per heavy atom. The van der Waals surface area contributed by atoms with Gasteiger partial charge < -0.3 is 9.64 Å². The first-order valence-electron chi connectivity index (χ1n) is 5.39. The largest absolute Gasteiger partial charge is 0.489 e. The van der Waals surface area contributed by atoms with Crippen LogP contribution in [0.25, 0.3) is 0 Å². The molecule has 1 aliphatic rings. The quantitative estimate of drug-likeness (QED) is 0.699. The molecule has 1 aromatic rings. The first-order chi connectivity index (χ1) is 7.34. The van der Waals surface area contributed by atoms with E-state index in [0.29, 0.717) is 0 Å². The summed E-state index contributed by atoms with van der Waals surface area (Å²) in [7, 11) is 2.14. The molecule has 1 aliphatic heterocycles. The number of para-hydroxylation sites is 1. The number of hydrogen-bond donors (Lipinski definition) is 0. The van der Waals surface area contributed by atoms with E-state index in [1.807, 2.05) is 30.3 Å². The molecule has 1 heterocycles. The van der Waals surface area contributed by atoms with Crippen molar-refractivity contribution >= 4 is 0 Å². The van der Waals surface area contributed by atoms with Crippen LogP contribution in [0.15, 0.2) is 42.0 Å². The number of nitrogens with zero attached hydrogens (tertiary/aromatic N) is 1. The van der Waals surface area contributed by atoms with Crippen molar-refractivity contribution in [3.05, 3.63) is 42.0 Å². The van der Waals surface area contributed by atoms with Crippen molar-refractivity contribution < 1.29 is 4.74 Å². The van der Waals surface area contributed by atoms with Gasteiger partial charge in [-0.25, -0.2) is 0 Å². The van der Waals surface area contributed by atoms with Crippen LogP contribution in [0.5, 0.6) is 5.75 Å². The van der Waals surface area contributed by atoms with Gasteiger partial charge in [-0.3, -0.25) is 0 Å². The van der Waals surface area contributed by atoms with Crippen molar-refractivity contribution in [3.63, 3.8) is 0 Å². The Labute approximate surface area is 91.2 Å². The van der Waals surface area contributed by atoms with E-state index < -0.39 is 0 Å². The van der Waals surface area contributed by atoms with Crippen LogP contribution < -0.4 is 4.74 Å². The fraction of sp³-hybridized carbons (Fsp3) is 0.385. The van der Waals surface area contributed by atoms with Gasteiger partial charge in [-0.05, 0) is 31.2 Å². The maximum absolute atomic E-state index is 5.69. The van der Waals surface area contributed by atoms with Crippen molar-refractivity contribution in [2.75, 3.05) is 26.7 Å². The van der Waals surface area contributed by atoms with Crippen LogP contribution >= 0.6 is 0 Å². The summed E-state index contributed by atoms with van der Waals surface area (Å²) in [6.07, 6.45) is 3.40. The van der Waals surface area contributed by atoms with Gasteiger partial charge in [-0.1, -0.05) is 24.3 Å². The SMILES string of the molecule is CN1CC=C(COc2ccccc2)CC1. The predicted molar refractivity (Wildman–Crippen MR) is 62.1 cm³/mol. The molecule has 0 unspecified atom stereocenters. The van der Waals surface area contributed by atoms with Gasteiger partial charge in [0.05, 0.1) is 0 Å². The Kier molecular flexibility index (Phi) is 3.41. The van der Waals surface area contributed by atoms with Gasteiger partial charge in [-0.15, -0.1) is 0 Å². The van der Waals surface area contributed by atoms with E-state index in [1.54, 1.807) is 0 Å². The monoisotopic (exact) mass is 203 g/mol. The van der Waals surface area contributed by atoms with Gasteiger partial charge in [0.25, 0.3) is 0 Å². The summed E-state index contributed by atoms with van der Waals surface area (Å²) < 4.78 is 5.69. The Hall–Kier alpha value is -1.28. The molecule has 1 aromatic carbocycles. The molecule has 0 spiro atoms. The second-order valence-electron chi connectivity index (χ2n) is 3.98. The summed E-state index contributed by atoms with van der Waals surface area (Å²) in [6.45, 7) is 2.93. The minimum absolute atomic E-state index is 0.734. The average molecular weight is 203 g/mol. The Morgan fingerprint density at radius 1 is 1.27 bits per heavy atom. The fourth-order valence-electron chi connectivity index (χ4n) is 1.64. The summed E-state index contributed by atoms with van der Waals surface area (Å²) >= 11 is 0. The molecule has 0 N–H and O–H groups in total. The smallest absolute Gasteiger partial charge is 0.119 e. The van der Waals surface area contributed by atoms with Crippen LogP contribution in [0.1, 0.15) is 6.42 Å². The van der Waals surface area contributed by atoms with E-state index in [4.69, 9.17) is 4.74 Å². The molecule has 2 nitrogen and oxygen atoms in total. The number of hydrogen-bond acceptors (Lipinski definition) is 2. The lowest BCUT2D eigenvalue weighted by atomic mass is 10.1. The molecule has 0 fully saturated rings. The van der Waals surface area contributed by atoms with Gasteiger partial charge in [0.2, 0.25) is 0 Å². The zero-order chi connectivity index (χ0) is 10.5. The van der Waals surface area contributed by atoms with Crippen LogP contribution in [0.2, 0.25) is 0 Å². The highest BCUT2D eigenvalue weighted by Crippen LogP contribution is 2.13. The number of ether oxygens (including phenoxy) is 1. The minimum atomic E-state index is 0.734. The molecule has 80 valence electrons. The normalized spacial score (nSPS) is 17.3. The molecule has 2 rings (SSSR count). The third kappa shape index (κ3) is 3.10. The topological polar surface area (TPSA) is 12.5 Å². The van der Waals surface area contributed by atoms with E-state index in [9.17, 15) is 0 Å². The molecule has 0 saturated carbocycles. The van der Waals surface area contributed by atoms with E-state index in [-0.39, 0.29) is 0 Å². The molecule has 0 amide bonds. The van der Waals surface area contributed by atoms with Crippen LogP contribution in [-0.2, 0) is 0 Å². The number of likely N-dealkylation sites (N-methyl/N-ethyl adjacent to an activating group) is 1. The van der Waals surface area contributed by atoms with E-state index in [1.165, 1.54) is 5.57 Å². The van der Waals surface area contributed by atoms with Crippen molar-refractivity contribution in [2.24, 2.45) is 0 Å². The second kappa shape index (κ2) is 4.99. The first-order valence-corrected chi connectivity index (χ1v) is 5.39. The van der Waals surface area contributed by atoms with Crippen LogP contribution in [0, 0.1) is 0 Å². The predicted octanol–water partition coefficient (Wildman–Crippen LogP) is 2.33. The third-order valence-electron chi connectivity index (χ3n) is 2.67. The lowest BCUT2D eigenvalue weighted by Crippen LogP contribution is -2.25. The molecule has 0 saturated heterocycles. The standard InChI is InChI=1S/C13H17NO/c1-14-9-7-12(8-10-14)11-15-13-5-3-2-4-6-13/h2-7H,8-11H2,1H3. The first kappa shape index (κ1) is 10.2. The molecular formula is C13H17NO. The zero-order valence-electron chi connectivity index (χ0n) is 9.15. The molecule has 0 bridgehead atoms. The maximum atomic E-state index is 5.69. The lowest BCUT2D eigenvalue weighted by molar-refractivity contribution is 0.314. The van der Waals surface area contributed by atoms with Crippen LogP contribution in [0.3, 0.4) is 0 Å². The second-order valence-corrected chi connectivity index (χ2v) is 3.98. The van der Waals surface area contributed by atoms with E-state index in [0.717, 1.165) is 31.9 Å². The van der Waals surface area contributed by atoms with Crippen LogP contribution in [0.4, 0.5) is 0 Å². The van der Waals surface area contributed by atoms with Gasteiger partial charge >= 0.3 is 0 Å². The number of benzene rings is 1. The van der Waals surface area contributed by atoms with Crippen LogP contribution in [-0.4, -0.2) is 31.6 Å². The molecule has 2 heteroatoms. The Morgan fingerprint density at radius 2 is 2.07 bits per heavy atom. The fourth-order valence-corrected chi connectivity index (χ4v) is 1.64. The van der Waals surface area contributed by atoms with E-state index in [2.05, 4.69) is 18.0 Å². The van der Waals surface area contributed by atoms with Gasteiger partial charge in [0.15, 0.2) is 0 Å². The van der Waals surface area contributed by atoms with Gasteiger partial charge in [0, 0.05) is 13.1 Å². The van der Waals surface area contributed by atoms with Crippen molar-refractivity contribution in [2.45, 2.75) is 6.42 Å². The molecule has 0 aliphatic carbocycles. The van der Waals surface area contributed by atoms with Crippen molar-refractivity contribution in [3.8, 4) is 5.75 Å². The molecular weight excluding hydrogens is 186 g/mol. The zero-order valence-corrected chi connectivity index (χ0v) is 9.15. The average Bonchev–Trinajstić information content (AvgIpc) is 2.30. The summed E-state index contributed by atoms with van der Waals surface area (Å²) in [4.78, 5) is 2.31. The molecule has 0 aromatic heterocycles. The lowest BCUT2D eigenvalue weighted by Gasteiger charge is -2.21. The highest BCUT2D eigenvalue weighted by Gasteiger charge is 2.07. The third-order valence-corrected chi connectivity index (χ3v) is 2.67. The Bertz CT molecular complexity index is 332. The minimum Gasteiger partial charge on any atom is -0.489 e.